The summed E-state index contributed by atoms with van der Waals surface area (Å²) in [5.74, 6) is 3.72. The van der Waals surface area contributed by atoms with Crippen LogP contribution in [0.1, 0.15) is 18.1 Å². The maximum absolute atomic E-state index is 4.42. The lowest BCUT2D eigenvalue weighted by molar-refractivity contribution is 0.264. The molecule has 2 atom stereocenters. The van der Waals surface area contributed by atoms with Crippen LogP contribution in [0.4, 0.5) is 0 Å². The van der Waals surface area contributed by atoms with Gasteiger partial charge in [0, 0.05) is 18.7 Å². The Hall–Kier alpha value is -1.42. The molecule has 4 rings (SSSR count). The molecule has 0 N–H and O–H groups in total. The normalized spacial score (nSPS) is 30.8. The van der Waals surface area contributed by atoms with Crippen LogP contribution in [0.3, 0.4) is 0 Å². The van der Waals surface area contributed by atoms with Gasteiger partial charge in [0.1, 0.15) is 5.82 Å². The van der Waals surface area contributed by atoms with Crippen molar-refractivity contribution in [3.63, 3.8) is 0 Å². The molecule has 1 aliphatic heterocycles. The van der Waals surface area contributed by atoms with Gasteiger partial charge in [-0.05, 0) is 25.3 Å². The Morgan fingerprint density at radius 1 is 1.29 bits per heavy atom. The summed E-state index contributed by atoms with van der Waals surface area (Å²) in [4.78, 5) is 2.29. The third-order valence-corrected chi connectivity index (χ3v) is 4.08. The summed E-state index contributed by atoms with van der Waals surface area (Å²) in [6.07, 6.45) is 8.02. The van der Waals surface area contributed by atoms with Gasteiger partial charge in [-0.1, -0.05) is 18.2 Å². The number of nitrogens with zero attached hydrogens (tertiary/aromatic N) is 4. The van der Waals surface area contributed by atoms with E-state index < -0.39 is 0 Å². The Bertz CT molecular complexity index is 526. The predicted octanol–water partition coefficient (Wildman–Crippen LogP) is 1.31. The van der Waals surface area contributed by atoms with Crippen molar-refractivity contribution in [3.8, 4) is 0 Å². The molecule has 0 amide bonds. The smallest absolute Gasteiger partial charge is 0.160 e. The van der Waals surface area contributed by atoms with Crippen molar-refractivity contribution < 1.29 is 0 Å². The first-order chi connectivity index (χ1) is 8.33. The zero-order valence-corrected chi connectivity index (χ0v) is 10.0. The van der Waals surface area contributed by atoms with Crippen molar-refractivity contribution in [2.45, 2.75) is 19.5 Å². The van der Waals surface area contributed by atoms with Crippen LogP contribution < -0.4 is 0 Å². The van der Waals surface area contributed by atoms with E-state index in [0.29, 0.717) is 5.92 Å². The molecular formula is C13H16N4. The predicted molar refractivity (Wildman–Crippen MR) is 65.1 cm³/mol. The van der Waals surface area contributed by atoms with Crippen LogP contribution in [0.2, 0.25) is 0 Å². The monoisotopic (exact) mass is 228 g/mol. The molecular weight excluding hydrogens is 212 g/mol. The first kappa shape index (κ1) is 9.59. The first-order valence-corrected chi connectivity index (χ1v) is 6.32. The van der Waals surface area contributed by atoms with Crippen molar-refractivity contribution in [2.24, 2.45) is 11.8 Å². The molecule has 1 aromatic heterocycles. The summed E-state index contributed by atoms with van der Waals surface area (Å²) < 4.78 is 2.31. The standard InChI is InChI=1S/C13H16N4/c1-16-5-6-17-12(8-16)14-15-13(17)10-4-2-3-9-7-11(9)10/h2-4,9,11H,5-8H2,1H3. The molecule has 17 heavy (non-hydrogen) atoms. The lowest BCUT2D eigenvalue weighted by Crippen LogP contribution is -2.31. The van der Waals surface area contributed by atoms with E-state index in [9.17, 15) is 0 Å². The van der Waals surface area contributed by atoms with Gasteiger partial charge >= 0.3 is 0 Å². The molecule has 88 valence electrons. The second kappa shape index (κ2) is 3.29. The van der Waals surface area contributed by atoms with Crippen LogP contribution in [0, 0.1) is 11.8 Å². The minimum atomic E-state index is 0.716. The quantitative estimate of drug-likeness (QED) is 0.727. The van der Waals surface area contributed by atoms with E-state index in [1.807, 2.05) is 0 Å². The Kier molecular flexibility index (Phi) is 1.86. The highest BCUT2D eigenvalue weighted by molar-refractivity contribution is 5.69. The van der Waals surface area contributed by atoms with Gasteiger partial charge in [-0.2, -0.15) is 0 Å². The summed E-state index contributed by atoms with van der Waals surface area (Å²) in [6.45, 7) is 3.03. The number of rotatable bonds is 1. The third-order valence-electron chi connectivity index (χ3n) is 4.08. The van der Waals surface area contributed by atoms with Crippen LogP contribution >= 0.6 is 0 Å². The van der Waals surface area contributed by atoms with E-state index >= 15 is 0 Å². The topological polar surface area (TPSA) is 34.0 Å². The minimum Gasteiger partial charge on any atom is -0.309 e. The SMILES string of the molecule is CN1CCn2c(nnc2C2=CC=CC3CC23)C1. The van der Waals surface area contributed by atoms with Crippen LogP contribution in [0.15, 0.2) is 18.2 Å². The van der Waals surface area contributed by atoms with Gasteiger partial charge < -0.3 is 4.57 Å². The van der Waals surface area contributed by atoms with Crippen molar-refractivity contribution in [2.75, 3.05) is 13.6 Å². The Balaban J connectivity index is 1.75. The fraction of sp³-hybridized carbons (Fsp3) is 0.538. The summed E-state index contributed by atoms with van der Waals surface area (Å²) >= 11 is 0. The van der Waals surface area contributed by atoms with Gasteiger partial charge in [0.15, 0.2) is 5.82 Å². The van der Waals surface area contributed by atoms with Gasteiger partial charge in [0.2, 0.25) is 0 Å². The van der Waals surface area contributed by atoms with E-state index in [2.05, 4.69) is 44.9 Å². The Morgan fingerprint density at radius 2 is 2.24 bits per heavy atom. The number of hydrogen-bond acceptors (Lipinski definition) is 3. The highest BCUT2D eigenvalue weighted by atomic mass is 15.3. The van der Waals surface area contributed by atoms with E-state index in [1.54, 1.807) is 0 Å². The summed E-state index contributed by atoms with van der Waals surface area (Å²) in [6, 6.07) is 0. The van der Waals surface area contributed by atoms with Gasteiger partial charge in [0.25, 0.3) is 0 Å². The highest BCUT2D eigenvalue weighted by Crippen LogP contribution is 2.50. The molecule has 1 fully saturated rings. The largest absolute Gasteiger partial charge is 0.309 e. The lowest BCUT2D eigenvalue weighted by atomic mass is 10.0. The highest BCUT2D eigenvalue weighted by Gasteiger charge is 2.41. The van der Waals surface area contributed by atoms with E-state index in [1.165, 1.54) is 12.0 Å². The fourth-order valence-corrected chi connectivity index (χ4v) is 2.94. The van der Waals surface area contributed by atoms with E-state index in [4.69, 9.17) is 0 Å². The molecule has 2 aliphatic carbocycles. The number of fused-ring (bicyclic) bond motifs is 2. The molecule has 3 aliphatic rings. The lowest BCUT2D eigenvalue weighted by Gasteiger charge is -2.24. The average molecular weight is 228 g/mol. The Labute approximate surface area is 101 Å². The second-order valence-corrected chi connectivity index (χ2v) is 5.34. The molecule has 0 radical (unpaired) electrons. The number of likely N-dealkylation sites (N-methyl/N-ethyl adjacent to an activating group) is 1. The molecule has 4 nitrogen and oxygen atoms in total. The maximum atomic E-state index is 4.42. The van der Waals surface area contributed by atoms with E-state index in [0.717, 1.165) is 37.2 Å². The molecule has 0 saturated heterocycles. The van der Waals surface area contributed by atoms with Crippen LogP contribution in [0.25, 0.3) is 5.57 Å². The average Bonchev–Trinajstić information content (AvgIpc) is 3.02. The fourth-order valence-electron chi connectivity index (χ4n) is 2.94. The van der Waals surface area contributed by atoms with Gasteiger partial charge in [-0.15, -0.1) is 10.2 Å². The van der Waals surface area contributed by atoms with Gasteiger partial charge in [-0.3, -0.25) is 4.90 Å². The summed E-state index contributed by atoms with van der Waals surface area (Å²) in [7, 11) is 2.14. The van der Waals surface area contributed by atoms with Gasteiger partial charge in [-0.25, -0.2) is 0 Å². The molecule has 2 heterocycles. The zero-order valence-electron chi connectivity index (χ0n) is 10.0. The summed E-state index contributed by atoms with van der Waals surface area (Å²) in [5, 5.41) is 8.76. The van der Waals surface area contributed by atoms with Crippen LogP contribution in [-0.2, 0) is 13.1 Å². The number of hydrogen-bond donors (Lipinski definition) is 0. The second-order valence-electron chi connectivity index (χ2n) is 5.34. The number of aromatic nitrogens is 3. The molecule has 1 saturated carbocycles. The minimum absolute atomic E-state index is 0.716. The first-order valence-electron chi connectivity index (χ1n) is 6.32. The van der Waals surface area contributed by atoms with Crippen molar-refractivity contribution in [1.29, 1.82) is 0 Å². The molecule has 0 aromatic carbocycles. The summed E-state index contributed by atoms with van der Waals surface area (Å²) in [5.41, 5.74) is 1.40. The zero-order chi connectivity index (χ0) is 11.4. The number of allylic oxidation sites excluding steroid dienone is 4. The van der Waals surface area contributed by atoms with Crippen LogP contribution in [0.5, 0.6) is 0 Å². The van der Waals surface area contributed by atoms with Crippen molar-refractivity contribution >= 4 is 5.57 Å². The third kappa shape index (κ3) is 1.40. The van der Waals surface area contributed by atoms with Gasteiger partial charge in [0.05, 0.1) is 6.54 Å². The van der Waals surface area contributed by atoms with Crippen LogP contribution in [-0.4, -0.2) is 33.3 Å². The Morgan fingerprint density at radius 3 is 3.18 bits per heavy atom. The maximum Gasteiger partial charge on any atom is 0.160 e. The van der Waals surface area contributed by atoms with E-state index in [-0.39, 0.29) is 0 Å². The molecule has 4 heteroatoms. The molecule has 2 unspecified atom stereocenters. The molecule has 0 bridgehead atoms. The molecule has 1 aromatic rings. The molecule has 0 spiro atoms. The van der Waals surface area contributed by atoms with Crippen molar-refractivity contribution in [3.05, 3.63) is 29.9 Å². The van der Waals surface area contributed by atoms with Crippen molar-refractivity contribution in [1.82, 2.24) is 19.7 Å².